The molecule has 0 radical (unpaired) electrons. The fraction of sp³-hybridized carbons (Fsp3) is 0.0588. The summed E-state index contributed by atoms with van der Waals surface area (Å²) in [4.78, 5) is 12.8. The van der Waals surface area contributed by atoms with Crippen LogP contribution in [0.3, 0.4) is 0 Å². The van der Waals surface area contributed by atoms with Crippen molar-refractivity contribution in [1.82, 2.24) is 5.32 Å². The highest BCUT2D eigenvalue weighted by Crippen LogP contribution is 2.26. The van der Waals surface area contributed by atoms with E-state index in [1.54, 1.807) is 0 Å². The number of thiocarbonyl (C=S) groups is 1. The maximum Gasteiger partial charge on any atom is 0.258 e. The minimum atomic E-state index is -0.316. The number of para-hydroxylation sites is 2. The van der Waals surface area contributed by atoms with Crippen LogP contribution in [0.4, 0.5) is 11.4 Å². The molecule has 23 heavy (non-hydrogen) atoms. The van der Waals surface area contributed by atoms with E-state index in [9.17, 15) is 4.79 Å². The van der Waals surface area contributed by atoms with Crippen molar-refractivity contribution in [3.8, 4) is 0 Å². The van der Waals surface area contributed by atoms with Crippen LogP contribution < -0.4 is 21.7 Å². The quantitative estimate of drug-likeness (QED) is 0.652. The summed E-state index contributed by atoms with van der Waals surface area (Å²) in [6.45, 7) is 0.409. The first kappa shape index (κ1) is 15.1. The van der Waals surface area contributed by atoms with E-state index in [4.69, 9.17) is 18.0 Å². The monoisotopic (exact) mass is 324 g/mol. The average Bonchev–Trinajstić information content (AvgIpc) is 2.68. The van der Waals surface area contributed by atoms with Gasteiger partial charge in [-0.3, -0.25) is 4.79 Å². The molecule has 116 valence electrons. The number of nitrogens with two attached hydrogens (primary N) is 1. The Kier molecular flexibility index (Phi) is 4.25. The SMILES string of the molecule is NC1=C(C(=O)NCc2ccccc2)C(=S)Nc2ccccc2N1. The molecule has 0 saturated carbocycles. The van der Waals surface area contributed by atoms with Crippen LogP contribution in [-0.4, -0.2) is 10.9 Å². The van der Waals surface area contributed by atoms with E-state index in [-0.39, 0.29) is 17.3 Å². The number of carbonyl (C=O) groups excluding carboxylic acids is 1. The highest BCUT2D eigenvalue weighted by Gasteiger charge is 2.23. The molecule has 0 aromatic heterocycles. The molecular weight excluding hydrogens is 308 g/mol. The Morgan fingerprint density at radius 3 is 2.30 bits per heavy atom. The second-order valence-corrected chi connectivity index (χ2v) is 5.49. The van der Waals surface area contributed by atoms with Crippen molar-refractivity contribution < 1.29 is 4.79 Å². The summed E-state index contributed by atoms with van der Waals surface area (Å²) in [5.74, 6) is -0.0813. The molecule has 2 aromatic carbocycles. The molecule has 1 aliphatic rings. The standard InChI is InChI=1S/C17H16N4OS/c18-15-14(16(22)19-10-11-6-2-1-3-7-11)17(23)21-13-9-5-4-8-12(13)20-15/h1-9,20H,10,18H2,(H,19,22)(H,21,23). The third-order valence-corrected chi connectivity index (χ3v) is 3.77. The number of fused-ring (bicyclic) bond motifs is 1. The lowest BCUT2D eigenvalue weighted by Crippen LogP contribution is -2.32. The van der Waals surface area contributed by atoms with Crippen molar-refractivity contribution in [1.29, 1.82) is 0 Å². The van der Waals surface area contributed by atoms with Crippen LogP contribution >= 0.6 is 12.2 Å². The zero-order valence-electron chi connectivity index (χ0n) is 12.3. The van der Waals surface area contributed by atoms with Crippen molar-refractivity contribution in [3.63, 3.8) is 0 Å². The van der Waals surface area contributed by atoms with Gasteiger partial charge in [-0.05, 0) is 17.7 Å². The number of hydrogen-bond donors (Lipinski definition) is 4. The number of rotatable bonds is 3. The zero-order valence-corrected chi connectivity index (χ0v) is 13.1. The zero-order chi connectivity index (χ0) is 16.2. The van der Waals surface area contributed by atoms with E-state index in [1.165, 1.54) is 0 Å². The lowest BCUT2D eigenvalue weighted by molar-refractivity contribution is -0.117. The fourth-order valence-corrected chi connectivity index (χ4v) is 2.62. The fourth-order valence-electron chi connectivity index (χ4n) is 2.31. The number of nitrogens with one attached hydrogen (secondary N) is 3. The first-order chi connectivity index (χ1) is 11.1. The predicted molar refractivity (Wildman–Crippen MR) is 95.8 cm³/mol. The second-order valence-electron chi connectivity index (χ2n) is 5.08. The molecule has 1 heterocycles. The van der Waals surface area contributed by atoms with Crippen LogP contribution in [-0.2, 0) is 11.3 Å². The summed E-state index contributed by atoms with van der Waals surface area (Å²) < 4.78 is 0. The molecule has 5 nitrogen and oxygen atoms in total. The highest BCUT2D eigenvalue weighted by molar-refractivity contribution is 7.81. The van der Waals surface area contributed by atoms with Gasteiger partial charge in [0, 0.05) is 6.54 Å². The van der Waals surface area contributed by atoms with E-state index in [2.05, 4.69) is 16.0 Å². The Hall–Kier alpha value is -2.86. The molecule has 3 rings (SSSR count). The van der Waals surface area contributed by atoms with Crippen molar-refractivity contribution in [2.45, 2.75) is 6.54 Å². The van der Waals surface area contributed by atoms with Crippen molar-refractivity contribution in [3.05, 3.63) is 71.6 Å². The van der Waals surface area contributed by atoms with Crippen LogP contribution in [0.5, 0.6) is 0 Å². The third kappa shape index (κ3) is 3.32. The number of carbonyl (C=O) groups is 1. The van der Waals surface area contributed by atoms with Crippen LogP contribution in [0.2, 0.25) is 0 Å². The summed E-state index contributed by atoms with van der Waals surface area (Å²) in [7, 11) is 0. The van der Waals surface area contributed by atoms with Crippen molar-refractivity contribution in [2.75, 3.05) is 10.6 Å². The molecule has 5 N–H and O–H groups in total. The molecule has 1 aliphatic heterocycles. The molecule has 0 fully saturated rings. The highest BCUT2D eigenvalue weighted by atomic mass is 32.1. The molecular formula is C17H16N4OS. The number of hydrogen-bond acceptors (Lipinski definition) is 4. The maximum atomic E-state index is 12.5. The van der Waals surface area contributed by atoms with E-state index in [1.807, 2.05) is 54.6 Å². The summed E-state index contributed by atoms with van der Waals surface area (Å²) in [5.41, 5.74) is 8.84. The summed E-state index contributed by atoms with van der Waals surface area (Å²) in [6.07, 6.45) is 0. The van der Waals surface area contributed by atoms with Gasteiger partial charge < -0.3 is 21.7 Å². The molecule has 2 aromatic rings. The minimum absolute atomic E-state index is 0.234. The molecule has 0 bridgehead atoms. The Morgan fingerprint density at radius 1 is 1.00 bits per heavy atom. The Labute approximate surface area is 139 Å². The van der Waals surface area contributed by atoms with E-state index in [0.29, 0.717) is 11.5 Å². The predicted octanol–water partition coefficient (Wildman–Crippen LogP) is 2.34. The van der Waals surface area contributed by atoms with Gasteiger partial charge in [0.15, 0.2) is 0 Å². The van der Waals surface area contributed by atoms with Crippen molar-refractivity contribution in [2.24, 2.45) is 5.73 Å². The lowest BCUT2D eigenvalue weighted by Gasteiger charge is -2.11. The number of amides is 1. The topological polar surface area (TPSA) is 79.2 Å². The van der Waals surface area contributed by atoms with Crippen LogP contribution in [0, 0.1) is 0 Å². The Balaban J connectivity index is 1.78. The first-order valence-corrected chi connectivity index (χ1v) is 7.55. The van der Waals surface area contributed by atoms with E-state index >= 15 is 0 Å². The minimum Gasteiger partial charge on any atom is -0.384 e. The largest absolute Gasteiger partial charge is 0.384 e. The van der Waals surface area contributed by atoms with Crippen LogP contribution in [0.15, 0.2) is 66.0 Å². The average molecular weight is 324 g/mol. The van der Waals surface area contributed by atoms with Gasteiger partial charge in [-0.25, -0.2) is 0 Å². The van der Waals surface area contributed by atoms with Crippen LogP contribution in [0.25, 0.3) is 0 Å². The second kappa shape index (κ2) is 6.50. The lowest BCUT2D eigenvalue weighted by atomic mass is 10.2. The molecule has 0 unspecified atom stereocenters. The Morgan fingerprint density at radius 2 is 1.61 bits per heavy atom. The maximum absolute atomic E-state index is 12.5. The third-order valence-electron chi connectivity index (χ3n) is 3.46. The molecule has 1 amide bonds. The van der Waals surface area contributed by atoms with Gasteiger partial charge in [0.1, 0.15) is 16.4 Å². The summed E-state index contributed by atoms with van der Waals surface area (Å²) >= 11 is 5.32. The smallest absolute Gasteiger partial charge is 0.258 e. The number of benzene rings is 2. The van der Waals surface area contributed by atoms with Gasteiger partial charge in [-0.1, -0.05) is 54.7 Å². The summed E-state index contributed by atoms with van der Waals surface area (Å²) in [6, 6.07) is 17.1. The van der Waals surface area contributed by atoms with Gasteiger partial charge >= 0.3 is 0 Å². The van der Waals surface area contributed by atoms with E-state index in [0.717, 1.165) is 16.9 Å². The Bertz CT molecular complexity index is 786. The number of anilines is 2. The molecule has 0 saturated heterocycles. The van der Waals surface area contributed by atoms with Crippen molar-refractivity contribution >= 4 is 34.5 Å². The summed E-state index contributed by atoms with van der Waals surface area (Å²) in [5, 5.41) is 8.92. The first-order valence-electron chi connectivity index (χ1n) is 7.14. The molecule has 6 heteroatoms. The van der Waals surface area contributed by atoms with Gasteiger partial charge in [-0.2, -0.15) is 0 Å². The normalized spacial score (nSPS) is 13.5. The van der Waals surface area contributed by atoms with Crippen LogP contribution in [0.1, 0.15) is 5.56 Å². The van der Waals surface area contributed by atoms with Gasteiger partial charge in [0.2, 0.25) is 0 Å². The van der Waals surface area contributed by atoms with Gasteiger partial charge in [0.25, 0.3) is 5.91 Å². The van der Waals surface area contributed by atoms with Gasteiger partial charge in [0.05, 0.1) is 11.4 Å². The van der Waals surface area contributed by atoms with Gasteiger partial charge in [-0.15, -0.1) is 0 Å². The van der Waals surface area contributed by atoms with E-state index < -0.39 is 0 Å². The molecule has 0 aliphatic carbocycles. The molecule has 0 atom stereocenters. The molecule has 0 spiro atoms.